The fourth-order valence-corrected chi connectivity index (χ4v) is 1.26. The zero-order chi connectivity index (χ0) is 10.3. The monoisotopic (exact) mass is 229 g/mol. The van der Waals surface area contributed by atoms with E-state index >= 15 is 0 Å². The van der Waals surface area contributed by atoms with Gasteiger partial charge < -0.3 is 11.0 Å². The van der Waals surface area contributed by atoms with Crippen LogP contribution in [0.5, 0.6) is 0 Å². The number of nitrogens with two attached hydrogens (primary N) is 1. The van der Waals surface area contributed by atoms with Gasteiger partial charge in [0.2, 0.25) is 5.09 Å². The minimum atomic E-state index is -3.82. The SMILES string of the molecule is CC(C)(O)c1coc(S(N)(=O)=O)c1.[H-].[Na+]. The molecule has 0 atom stereocenters. The summed E-state index contributed by atoms with van der Waals surface area (Å²) in [6.45, 7) is 3.04. The van der Waals surface area contributed by atoms with Crippen molar-refractivity contribution in [2.45, 2.75) is 24.5 Å². The molecule has 0 radical (unpaired) electrons. The topological polar surface area (TPSA) is 93.5 Å². The molecule has 3 N–H and O–H groups in total. The summed E-state index contributed by atoms with van der Waals surface area (Å²) < 4.78 is 26.2. The van der Waals surface area contributed by atoms with Crippen molar-refractivity contribution in [2.75, 3.05) is 0 Å². The Kier molecular flexibility index (Phi) is 4.39. The third-order valence-electron chi connectivity index (χ3n) is 1.56. The van der Waals surface area contributed by atoms with Gasteiger partial charge in [0, 0.05) is 11.6 Å². The van der Waals surface area contributed by atoms with E-state index in [0.29, 0.717) is 5.56 Å². The van der Waals surface area contributed by atoms with Gasteiger partial charge in [-0.3, -0.25) is 0 Å². The molecule has 0 fully saturated rings. The summed E-state index contributed by atoms with van der Waals surface area (Å²) in [6.07, 6.45) is 1.17. The summed E-state index contributed by atoms with van der Waals surface area (Å²) >= 11 is 0. The van der Waals surface area contributed by atoms with E-state index in [9.17, 15) is 13.5 Å². The maximum absolute atomic E-state index is 10.8. The van der Waals surface area contributed by atoms with Crippen LogP contribution in [0.4, 0.5) is 0 Å². The van der Waals surface area contributed by atoms with Crippen LogP contribution >= 0.6 is 0 Å². The third kappa shape index (κ3) is 3.38. The summed E-state index contributed by atoms with van der Waals surface area (Å²) in [5.41, 5.74) is -0.761. The molecule has 0 aliphatic carbocycles. The van der Waals surface area contributed by atoms with Crippen LogP contribution in [0.25, 0.3) is 0 Å². The summed E-state index contributed by atoms with van der Waals surface area (Å²) in [5.74, 6) is 0. The molecule has 0 bridgehead atoms. The van der Waals surface area contributed by atoms with Crippen LogP contribution in [0.1, 0.15) is 20.8 Å². The molecule has 1 aromatic heterocycles. The van der Waals surface area contributed by atoms with Crippen molar-refractivity contribution < 1.29 is 48.9 Å². The van der Waals surface area contributed by atoms with E-state index in [1.165, 1.54) is 26.2 Å². The molecule has 0 saturated heterocycles. The molecule has 14 heavy (non-hydrogen) atoms. The molecule has 7 heteroatoms. The Balaban J connectivity index is 0. The zero-order valence-corrected chi connectivity index (χ0v) is 11.1. The summed E-state index contributed by atoms with van der Waals surface area (Å²) in [6, 6.07) is 1.20. The Morgan fingerprint density at radius 3 is 2.29 bits per heavy atom. The first kappa shape index (κ1) is 14.2. The Hall–Kier alpha value is 0.150. The molecule has 0 aliphatic heterocycles. The van der Waals surface area contributed by atoms with E-state index in [1.54, 1.807) is 0 Å². The third-order valence-corrected chi connectivity index (χ3v) is 2.34. The molecule has 0 spiro atoms. The first-order valence-electron chi connectivity index (χ1n) is 3.55. The largest absolute Gasteiger partial charge is 1.00 e. The molecular formula is C7H12NNaO4S. The van der Waals surface area contributed by atoms with Gasteiger partial charge in [0.15, 0.2) is 0 Å². The van der Waals surface area contributed by atoms with Gasteiger partial charge >= 0.3 is 29.6 Å². The van der Waals surface area contributed by atoms with Crippen molar-refractivity contribution >= 4 is 10.0 Å². The van der Waals surface area contributed by atoms with Gasteiger partial charge in [-0.25, -0.2) is 13.6 Å². The predicted octanol–water partition coefficient (Wildman–Crippen LogP) is -2.73. The summed E-state index contributed by atoms with van der Waals surface area (Å²) in [4.78, 5) is 0. The number of sulfonamides is 1. The fraction of sp³-hybridized carbons (Fsp3) is 0.429. The van der Waals surface area contributed by atoms with E-state index in [0.717, 1.165) is 0 Å². The van der Waals surface area contributed by atoms with E-state index in [1.807, 2.05) is 0 Å². The second-order valence-corrected chi connectivity index (χ2v) is 4.75. The number of rotatable bonds is 2. The van der Waals surface area contributed by atoms with E-state index in [-0.39, 0.29) is 36.1 Å². The molecule has 0 amide bonds. The maximum atomic E-state index is 10.8. The molecule has 0 saturated carbocycles. The Morgan fingerprint density at radius 1 is 1.57 bits per heavy atom. The Bertz CT molecular complexity index is 409. The van der Waals surface area contributed by atoms with E-state index in [4.69, 9.17) is 5.14 Å². The van der Waals surface area contributed by atoms with Gasteiger partial charge in [0.05, 0.1) is 11.9 Å². The van der Waals surface area contributed by atoms with Crippen molar-refractivity contribution in [1.29, 1.82) is 0 Å². The van der Waals surface area contributed by atoms with Gasteiger partial charge in [-0.15, -0.1) is 0 Å². The van der Waals surface area contributed by atoms with Crippen molar-refractivity contribution in [2.24, 2.45) is 5.14 Å². The van der Waals surface area contributed by atoms with Crippen molar-refractivity contribution in [3.63, 3.8) is 0 Å². The van der Waals surface area contributed by atoms with Gasteiger partial charge in [0.25, 0.3) is 10.0 Å². The number of primary sulfonamides is 1. The van der Waals surface area contributed by atoms with Crippen molar-refractivity contribution in [1.82, 2.24) is 0 Å². The normalized spacial score (nSPS) is 12.3. The van der Waals surface area contributed by atoms with Crippen LogP contribution in [0, 0.1) is 0 Å². The number of hydrogen-bond acceptors (Lipinski definition) is 4. The van der Waals surface area contributed by atoms with Crippen LogP contribution in [0.15, 0.2) is 21.8 Å². The van der Waals surface area contributed by atoms with Crippen molar-refractivity contribution in [3.8, 4) is 0 Å². The van der Waals surface area contributed by atoms with Gasteiger partial charge in [-0.05, 0) is 13.8 Å². The smallest absolute Gasteiger partial charge is 1.00 e. The number of furan rings is 1. The van der Waals surface area contributed by atoms with Crippen molar-refractivity contribution in [3.05, 3.63) is 17.9 Å². The van der Waals surface area contributed by atoms with E-state index < -0.39 is 15.6 Å². The van der Waals surface area contributed by atoms with Gasteiger partial charge in [-0.1, -0.05) is 0 Å². The van der Waals surface area contributed by atoms with Crippen LogP contribution in [0.2, 0.25) is 0 Å². The molecule has 0 aliphatic rings. The van der Waals surface area contributed by atoms with Crippen LogP contribution < -0.4 is 34.7 Å². The molecule has 1 rings (SSSR count). The molecule has 0 unspecified atom stereocenters. The minimum absolute atomic E-state index is 0. The number of hydrogen-bond donors (Lipinski definition) is 2. The van der Waals surface area contributed by atoms with Crippen LogP contribution in [-0.4, -0.2) is 13.5 Å². The molecule has 0 aromatic carbocycles. The fourth-order valence-electron chi connectivity index (χ4n) is 0.787. The summed E-state index contributed by atoms with van der Waals surface area (Å²) in [5, 5.41) is 13.9. The molecule has 1 aromatic rings. The first-order chi connectivity index (χ1) is 5.71. The summed E-state index contributed by atoms with van der Waals surface area (Å²) in [7, 11) is -3.82. The van der Waals surface area contributed by atoms with Gasteiger partial charge in [-0.2, -0.15) is 0 Å². The van der Waals surface area contributed by atoms with Gasteiger partial charge in [0.1, 0.15) is 0 Å². The second kappa shape index (κ2) is 4.34. The molecular weight excluding hydrogens is 217 g/mol. The predicted molar refractivity (Wildman–Crippen MR) is 46.4 cm³/mol. The average molecular weight is 229 g/mol. The second-order valence-electron chi connectivity index (χ2n) is 3.26. The first-order valence-corrected chi connectivity index (χ1v) is 5.10. The number of aliphatic hydroxyl groups is 1. The van der Waals surface area contributed by atoms with Crippen LogP contribution in [-0.2, 0) is 15.6 Å². The quantitative estimate of drug-likeness (QED) is 0.538. The molecule has 5 nitrogen and oxygen atoms in total. The Labute approximate surface area is 106 Å². The Morgan fingerprint density at radius 2 is 2.07 bits per heavy atom. The van der Waals surface area contributed by atoms with Crippen LogP contribution in [0.3, 0.4) is 0 Å². The zero-order valence-electron chi connectivity index (χ0n) is 9.31. The molecule has 76 valence electrons. The maximum Gasteiger partial charge on any atom is 1.00 e. The average Bonchev–Trinajstić information content (AvgIpc) is 2.28. The standard InChI is InChI=1S/C7H11NO4S.Na.H/c1-7(2,9)5-3-6(12-4-5)13(8,10)11;;/h3-4,9H,1-2H3,(H2,8,10,11);;/q;+1;-1. The molecule has 1 heterocycles. The minimum Gasteiger partial charge on any atom is -1.00 e. The van der Waals surface area contributed by atoms with E-state index in [2.05, 4.69) is 4.42 Å².